The Morgan fingerprint density at radius 1 is 0.629 bits per heavy atom. The third-order valence-electron chi connectivity index (χ3n) is 14.5. The first-order valence-electron chi connectivity index (χ1n) is 22.6. The number of benzene rings is 4. The molecule has 9 aliphatic rings. The lowest BCUT2D eigenvalue weighted by Crippen LogP contribution is -2.47. The fourth-order valence-electron chi connectivity index (χ4n) is 11.8. The van der Waals surface area contributed by atoms with Crippen molar-refractivity contribution in [2.24, 2.45) is 27.7 Å². The molecule has 0 saturated carbocycles. The first-order chi connectivity index (χ1) is 30.8. The Kier molecular flexibility index (Phi) is 8.25. The molecule has 0 spiro atoms. The molecule has 300 valence electrons. The van der Waals surface area contributed by atoms with Gasteiger partial charge >= 0.3 is 0 Å². The number of fused-ring (bicyclic) bond motifs is 7. The minimum absolute atomic E-state index is 0.0939. The third kappa shape index (κ3) is 5.53. The molecule has 0 bridgehead atoms. The first-order valence-corrected chi connectivity index (χ1v) is 22.6. The minimum atomic E-state index is -0.427. The van der Waals surface area contributed by atoms with Crippen molar-refractivity contribution < 1.29 is 0 Å². The molecule has 0 saturated heterocycles. The quantitative estimate of drug-likeness (QED) is 0.224. The van der Waals surface area contributed by atoms with Crippen molar-refractivity contribution in [1.82, 2.24) is 15.1 Å². The van der Waals surface area contributed by atoms with E-state index in [1.165, 1.54) is 61.6 Å². The second-order valence-corrected chi connectivity index (χ2v) is 17.8. The van der Waals surface area contributed by atoms with Crippen LogP contribution in [-0.2, 0) is 6.42 Å². The molecule has 3 heterocycles. The van der Waals surface area contributed by atoms with Crippen LogP contribution in [0.5, 0.6) is 0 Å². The Bertz CT molecular complexity index is 2960. The van der Waals surface area contributed by atoms with E-state index in [0.717, 1.165) is 60.6 Å². The molecule has 5 heteroatoms. The van der Waals surface area contributed by atoms with Gasteiger partial charge in [0, 0.05) is 40.1 Å². The lowest BCUT2D eigenvalue weighted by Gasteiger charge is -2.45. The maximum absolute atomic E-state index is 5.70. The molecule has 4 aromatic rings. The van der Waals surface area contributed by atoms with E-state index in [4.69, 9.17) is 9.98 Å². The zero-order chi connectivity index (χ0) is 40.7. The van der Waals surface area contributed by atoms with Crippen molar-refractivity contribution in [3.8, 4) is 11.1 Å². The van der Waals surface area contributed by atoms with Crippen LogP contribution >= 0.6 is 0 Å². The van der Waals surface area contributed by atoms with Gasteiger partial charge in [0.05, 0.1) is 18.0 Å². The maximum Gasteiger partial charge on any atom is 0.210 e. The van der Waals surface area contributed by atoms with Gasteiger partial charge in [-0.25, -0.2) is 9.98 Å². The average molecular weight is 802 g/mol. The van der Waals surface area contributed by atoms with Gasteiger partial charge in [-0.2, -0.15) is 0 Å². The van der Waals surface area contributed by atoms with Crippen LogP contribution in [0.25, 0.3) is 23.3 Å². The molecule has 0 amide bonds. The number of amidine groups is 1. The fourth-order valence-corrected chi connectivity index (χ4v) is 11.8. The number of aryl methyl sites for hydroxylation is 1. The summed E-state index contributed by atoms with van der Waals surface area (Å²) in [4.78, 5) is 16.6. The van der Waals surface area contributed by atoms with Crippen molar-refractivity contribution in [2.45, 2.75) is 50.4 Å². The minimum Gasteiger partial charge on any atom is -0.359 e. The van der Waals surface area contributed by atoms with Crippen LogP contribution in [0, 0.1) is 17.8 Å². The fraction of sp³-hybridized carbons (Fsp3) is 0.193. The summed E-state index contributed by atoms with van der Waals surface area (Å²) in [6.07, 6.45) is 37.7. The molecule has 4 aromatic carbocycles. The molecule has 0 fully saturated rings. The normalized spacial score (nSPS) is 27.0. The summed E-state index contributed by atoms with van der Waals surface area (Å²) in [5, 5.41) is 3.94. The van der Waals surface area contributed by atoms with Crippen molar-refractivity contribution in [2.75, 3.05) is 0 Å². The monoisotopic (exact) mass is 801 g/mol. The van der Waals surface area contributed by atoms with Crippen molar-refractivity contribution in [3.63, 3.8) is 0 Å². The molecule has 6 aliphatic carbocycles. The van der Waals surface area contributed by atoms with Crippen molar-refractivity contribution >= 4 is 23.9 Å². The van der Waals surface area contributed by atoms with Crippen molar-refractivity contribution in [1.29, 1.82) is 0 Å². The van der Waals surface area contributed by atoms with Gasteiger partial charge in [-0.1, -0.05) is 176 Å². The lowest BCUT2D eigenvalue weighted by molar-refractivity contribution is 0.177. The number of allylic oxidation sites excluding steroid dienone is 13. The average Bonchev–Trinajstić information content (AvgIpc) is 3.84. The van der Waals surface area contributed by atoms with Crippen molar-refractivity contribution in [3.05, 3.63) is 237 Å². The number of rotatable bonds is 4. The molecular formula is C57H47N5. The Morgan fingerprint density at radius 2 is 1.44 bits per heavy atom. The summed E-state index contributed by atoms with van der Waals surface area (Å²) in [7, 11) is 0. The Balaban J connectivity index is 0.989. The van der Waals surface area contributed by atoms with Gasteiger partial charge in [0.2, 0.25) is 5.96 Å². The number of guanidine groups is 1. The molecule has 3 aliphatic heterocycles. The van der Waals surface area contributed by atoms with Crippen LogP contribution in [0.4, 0.5) is 0 Å². The van der Waals surface area contributed by atoms with Gasteiger partial charge in [-0.15, -0.1) is 0 Å². The molecule has 6 unspecified atom stereocenters. The topological polar surface area (TPSA) is 43.2 Å². The molecule has 62 heavy (non-hydrogen) atoms. The number of aliphatic imine (C=N–C) groups is 2. The number of hydrogen-bond donors (Lipinski definition) is 1. The summed E-state index contributed by atoms with van der Waals surface area (Å²) in [5.41, 5.74) is 18.3. The van der Waals surface area contributed by atoms with E-state index in [1.807, 2.05) is 0 Å². The molecule has 13 rings (SSSR count). The predicted molar refractivity (Wildman–Crippen MR) is 252 cm³/mol. The number of nitrogens with zero attached hydrogens (tertiary/aromatic N) is 4. The molecular weight excluding hydrogens is 755 g/mol. The smallest absolute Gasteiger partial charge is 0.210 e. The van der Waals surface area contributed by atoms with E-state index >= 15 is 0 Å². The van der Waals surface area contributed by atoms with Crippen LogP contribution in [-0.4, -0.2) is 27.6 Å². The van der Waals surface area contributed by atoms with E-state index in [9.17, 15) is 0 Å². The highest BCUT2D eigenvalue weighted by Crippen LogP contribution is 2.58. The third-order valence-corrected chi connectivity index (χ3v) is 14.5. The maximum atomic E-state index is 5.70. The van der Waals surface area contributed by atoms with E-state index in [2.05, 4.69) is 197 Å². The van der Waals surface area contributed by atoms with E-state index in [1.54, 1.807) is 0 Å². The van der Waals surface area contributed by atoms with E-state index in [-0.39, 0.29) is 18.0 Å². The molecule has 1 N–H and O–H groups in total. The van der Waals surface area contributed by atoms with Crippen LogP contribution in [0.3, 0.4) is 0 Å². The SMILES string of the molecule is C1=CC2=CC3=C(CC2C=C1)N(C1c2ccccc2C=C2C1C1=C(CCC=C1)N2C1=NC(c2cccc4c2C=CCC4)N=C(c2ccccc2-c2ccccc2)N1)C1C=CC=CC31. The van der Waals surface area contributed by atoms with Gasteiger partial charge in [-0.3, -0.25) is 4.90 Å². The van der Waals surface area contributed by atoms with Gasteiger partial charge in [0.1, 0.15) is 5.84 Å². The van der Waals surface area contributed by atoms with E-state index in [0.29, 0.717) is 11.8 Å². The standard InChI is InChI=1S/C57H47N5/c1-2-17-36(18-3-1)41-25-10-11-28-45(41)55-58-56(46-30-16-23-37-19-6-8-24-42(37)46)60-57(59-55)62-50-32-15-13-29-47(50)53-52(62)35-40-22-7-9-26-43(40)54(53)61-49-31-14-12-27-44(49)48-33-38-20-4-5-21-39(38)34-51(48)61/h1-5,7-14,16-18,20-31,33,35,39,44,49,53-54,56H,6,15,19,32,34H2,(H,58,59,60). The summed E-state index contributed by atoms with van der Waals surface area (Å²) in [6, 6.07) is 35.6. The summed E-state index contributed by atoms with van der Waals surface area (Å²) < 4.78 is 0. The second-order valence-electron chi connectivity index (χ2n) is 17.8. The summed E-state index contributed by atoms with van der Waals surface area (Å²) in [6.45, 7) is 0. The van der Waals surface area contributed by atoms with Crippen LogP contribution in [0.15, 0.2) is 214 Å². The van der Waals surface area contributed by atoms with Gasteiger partial charge in [0.25, 0.3) is 0 Å². The predicted octanol–water partition coefficient (Wildman–Crippen LogP) is 12.1. The summed E-state index contributed by atoms with van der Waals surface area (Å²) >= 11 is 0. The lowest BCUT2D eigenvalue weighted by atomic mass is 9.76. The molecule has 6 atom stereocenters. The Labute approximate surface area is 364 Å². The Morgan fingerprint density at radius 3 is 2.39 bits per heavy atom. The second kappa shape index (κ2) is 14.3. The van der Waals surface area contributed by atoms with Gasteiger partial charge in [0.15, 0.2) is 6.17 Å². The van der Waals surface area contributed by atoms with Gasteiger partial charge < -0.3 is 10.2 Å². The highest BCUT2D eigenvalue weighted by atomic mass is 15.4. The number of nitrogens with one attached hydrogen (secondary N) is 1. The largest absolute Gasteiger partial charge is 0.359 e. The van der Waals surface area contributed by atoms with Crippen LogP contribution in [0.2, 0.25) is 0 Å². The number of hydrogen-bond acceptors (Lipinski definition) is 5. The molecule has 5 nitrogen and oxygen atoms in total. The van der Waals surface area contributed by atoms with Crippen LogP contribution in [0.1, 0.15) is 71.3 Å². The van der Waals surface area contributed by atoms with Crippen LogP contribution < -0.4 is 5.32 Å². The zero-order valence-corrected chi connectivity index (χ0v) is 34.6. The first kappa shape index (κ1) is 35.7. The molecule has 0 radical (unpaired) electrons. The molecule has 0 aromatic heterocycles. The van der Waals surface area contributed by atoms with E-state index < -0.39 is 6.17 Å². The highest BCUT2D eigenvalue weighted by Gasteiger charge is 2.52. The summed E-state index contributed by atoms with van der Waals surface area (Å²) in [5.74, 6) is 2.50. The van der Waals surface area contributed by atoms with Gasteiger partial charge in [-0.05, 0) is 88.3 Å². The zero-order valence-electron chi connectivity index (χ0n) is 34.6. The highest BCUT2D eigenvalue weighted by molar-refractivity contribution is 6.14. The Hall–Kier alpha value is -6.98.